The minimum Gasteiger partial charge on any atom is -0.196 e. The Bertz CT molecular complexity index is 507. The lowest BCUT2D eigenvalue weighted by molar-refractivity contribution is 0.760. The molecule has 0 N–H and O–H groups in total. The molecule has 16 heavy (non-hydrogen) atoms. The SMILES string of the molecule is Cc1ccc(-n2nnnc2C(C)Cl)cc1Cl. The number of aryl methyl sites for hydroxylation is 1. The Kier molecular flexibility index (Phi) is 3.12. The van der Waals surface area contributed by atoms with Crippen molar-refractivity contribution in [2.75, 3.05) is 0 Å². The number of aromatic nitrogens is 4. The van der Waals surface area contributed by atoms with E-state index < -0.39 is 0 Å². The van der Waals surface area contributed by atoms with Crippen LogP contribution in [-0.4, -0.2) is 20.2 Å². The average Bonchev–Trinajstić information content (AvgIpc) is 2.71. The van der Waals surface area contributed by atoms with Crippen LogP contribution in [-0.2, 0) is 0 Å². The van der Waals surface area contributed by atoms with Gasteiger partial charge in [-0.05, 0) is 42.0 Å². The Morgan fingerprint density at radius 2 is 2.12 bits per heavy atom. The van der Waals surface area contributed by atoms with Crippen LogP contribution in [0.3, 0.4) is 0 Å². The second-order valence-corrected chi connectivity index (χ2v) is 4.56. The normalized spacial score (nSPS) is 12.8. The summed E-state index contributed by atoms with van der Waals surface area (Å²) in [7, 11) is 0. The molecule has 84 valence electrons. The molecule has 1 heterocycles. The van der Waals surface area contributed by atoms with Gasteiger partial charge in [0.1, 0.15) is 0 Å². The first-order chi connectivity index (χ1) is 7.59. The van der Waals surface area contributed by atoms with Gasteiger partial charge < -0.3 is 0 Å². The lowest BCUT2D eigenvalue weighted by atomic mass is 10.2. The van der Waals surface area contributed by atoms with E-state index in [0.29, 0.717) is 10.8 Å². The Labute approximate surface area is 103 Å². The van der Waals surface area contributed by atoms with Crippen LogP contribution in [0.1, 0.15) is 23.7 Å². The summed E-state index contributed by atoms with van der Waals surface area (Å²) >= 11 is 12.0. The maximum Gasteiger partial charge on any atom is 0.174 e. The van der Waals surface area contributed by atoms with Gasteiger partial charge in [0.2, 0.25) is 0 Å². The zero-order chi connectivity index (χ0) is 11.7. The Morgan fingerprint density at radius 1 is 1.38 bits per heavy atom. The number of tetrazole rings is 1. The molecule has 2 rings (SSSR count). The molecule has 0 aliphatic carbocycles. The number of rotatable bonds is 2. The fourth-order valence-corrected chi connectivity index (χ4v) is 1.65. The largest absolute Gasteiger partial charge is 0.196 e. The van der Waals surface area contributed by atoms with Gasteiger partial charge in [-0.15, -0.1) is 16.7 Å². The van der Waals surface area contributed by atoms with E-state index in [4.69, 9.17) is 23.2 Å². The van der Waals surface area contributed by atoms with Crippen LogP contribution in [0.4, 0.5) is 0 Å². The van der Waals surface area contributed by atoms with Crippen molar-refractivity contribution >= 4 is 23.2 Å². The van der Waals surface area contributed by atoms with E-state index in [2.05, 4.69) is 15.5 Å². The smallest absolute Gasteiger partial charge is 0.174 e. The van der Waals surface area contributed by atoms with E-state index in [9.17, 15) is 0 Å². The average molecular weight is 257 g/mol. The summed E-state index contributed by atoms with van der Waals surface area (Å²) in [6.45, 7) is 3.76. The monoisotopic (exact) mass is 256 g/mol. The number of alkyl halides is 1. The Hall–Kier alpha value is -1.13. The third-order valence-electron chi connectivity index (χ3n) is 2.25. The number of halogens is 2. The van der Waals surface area contributed by atoms with Gasteiger partial charge in [0.15, 0.2) is 5.82 Å². The molecule has 0 aliphatic heterocycles. The quantitative estimate of drug-likeness (QED) is 0.777. The van der Waals surface area contributed by atoms with Gasteiger partial charge in [0, 0.05) is 5.02 Å². The zero-order valence-corrected chi connectivity index (χ0v) is 10.4. The van der Waals surface area contributed by atoms with Crippen molar-refractivity contribution in [2.45, 2.75) is 19.2 Å². The maximum absolute atomic E-state index is 6.05. The summed E-state index contributed by atoms with van der Waals surface area (Å²) in [5.74, 6) is 0.599. The fourth-order valence-electron chi connectivity index (χ4n) is 1.34. The lowest BCUT2D eigenvalue weighted by Gasteiger charge is -2.06. The molecule has 2 aromatic rings. The van der Waals surface area contributed by atoms with Crippen LogP contribution in [0.25, 0.3) is 5.69 Å². The highest BCUT2D eigenvalue weighted by Gasteiger charge is 2.13. The van der Waals surface area contributed by atoms with E-state index in [0.717, 1.165) is 11.3 Å². The summed E-state index contributed by atoms with van der Waals surface area (Å²) < 4.78 is 1.59. The molecule has 0 saturated heterocycles. The van der Waals surface area contributed by atoms with Gasteiger partial charge in [-0.3, -0.25) is 0 Å². The molecular weight excluding hydrogens is 247 g/mol. The van der Waals surface area contributed by atoms with Gasteiger partial charge >= 0.3 is 0 Å². The summed E-state index contributed by atoms with van der Waals surface area (Å²) in [6, 6.07) is 5.64. The molecule has 1 aromatic carbocycles. The molecule has 4 nitrogen and oxygen atoms in total. The van der Waals surface area contributed by atoms with Crippen molar-refractivity contribution < 1.29 is 0 Å². The van der Waals surface area contributed by atoms with E-state index in [1.165, 1.54) is 0 Å². The first kappa shape index (κ1) is 11.4. The highest BCUT2D eigenvalue weighted by Crippen LogP contribution is 2.22. The van der Waals surface area contributed by atoms with Crippen molar-refractivity contribution in [3.05, 3.63) is 34.6 Å². The minimum atomic E-state index is -0.255. The third-order valence-corrected chi connectivity index (χ3v) is 2.85. The molecule has 0 spiro atoms. The van der Waals surface area contributed by atoms with Crippen molar-refractivity contribution in [3.63, 3.8) is 0 Å². The molecule has 0 radical (unpaired) electrons. The third kappa shape index (κ3) is 2.03. The molecule has 6 heteroatoms. The topological polar surface area (TPSA) is 43.6 Å². The summed E-state index contributed by atoms with van der Waals surface area (Å²) in [6.07, 6.45) is 0. The number of nitrogens with zero attached hydrogens (tertiary/aromatic N) is 4. The highest BCUT2D eigenvalue weighted by atomic mass is 35.5. The lowest BCUT2D eigenvalue weighted by Crippen LogP contribution is -2.03. The van der Waals surface area contributed by atoms with Gasteiger partial charge in [0.05, 0.1) is 11.1 Å². The predicted molar refractivity (Wildman–Crippen MR) is 63.2 cm³/mol. The number of hydrogen-bond acceptors (Lipinski definition) is 3. The molecule has 1 aromatic heterocycles. The van der Waals surface area contributed by atoms with Crippen LogP contribution < -0.4 is 0 Å². The van der Waals surface area contributed by atoms with Crippen LogP contribution in [0.15, 0.2) is 18.2 Å². The molecule has 0 amide bonds. The second-order valence-electron chi connectivity index (χ2n) is 3.50. The number of hydrogen-bond donors (Lipinski definition) is 0. The van der Waals surface area contributed by atoms with E-state index in [1.54, 1.807) is 4.68 Å². The molecule has 0 fully saturated rings. The first-order valence-electron chi connectivity index (χ1n) is 4.78. The van der Waals surface area contributed by atoms with Crippen LogP contribution in [0.2, 0.25) is 5.02 Å². The summed E-state index contributed by atoms with van der Waals surface area (Å²) in [5, 5.41) is 11.8. The van der Waals surface area contributed by atoms with Crippen LogP contribution >= 0.6 is 23.2 Å². The highest BCUT2D eigenvalue weighted by molar-refractivity contribution is 6.31. The van der Waals surface area contributed by atoms with Crippen LogP contribution in [0, 0.1) is 6.92 Å². The molecule has 0 aliphatic rings. The first-order valence-corrected chi connectivity index (χ1v) is 5.60. The van der Waals surface area contributed by atoms with Gasteiger partial charge in [-0.25, -0.2) is 0 Å². The van der Waals surface area contributed by atoms with E-state index in [-0.39, 0.29) is 5.38 Å². The predicted octanol–water partition coefficient (Wildman–Crippen LogP) is 2.92. The molecule has 1 atom stereocenters. The van der Waals surface area contributed by atoms with Crippen molar-refractivity contribution in [1.82, 2.24) is 20.2 Å². The number of benzene rings is 1. The van der Waals surface area contributed by atoms with Gasteiger partial charge in [-0.2, -0.15) is 4.68 Å². The minimum absolute atomic E-state index is 0.255. The van der Waals surface area contributed by atoms with Crippen molar-refractivity contribution in [2.24, 2.45) is 0 Å². The standard InChI is InChI=1S/C10H10Cl2N4/c1-6-3-4-8(5-9(6)12)16-10(7(2)11)13-14-15-16/h3-5,7H,1-2H3. The second kappa shape index (κ2) is 4.39. The zero-order valence-electron chi connectivity index (χ0n) is 8.85. The van der Waals surface area contributed by atoms with E-state index in [1.807, 2.05) is 32.0 Å². The van der Waals surface area contributed by atoms with Crippen molar-refractivity contribution in [1.29, 1.82) is 0 Å². The summed E-state index contributed by atoms with van der Waals surface area (Å²) in [4.78, 5) is 0. The van der Waals surface area contributed by atoms with Crippen molar-refractivity contribution in [3.8, 4) is 5.69 Å². The van der Waals surface area contributed by atoms with Crippen LogP contribution in [0.5, 0.6) is 0 Å². The maximum atomic E-state index is 6.05. The van der Waals surface area contributed by atoms with E-state index >= 15 is 0 Å². The molecule has 0 bridgehead atoms. The Balaban J connectivity index is 2.50. The van der Waals surface area contributed by atoms with Gasteiger partial charge in [-0.1, -0.05) is 17.7 Å². The molecule has 0 saturated carbocycles. The van der Waals surface area contributed by atoms with Gasteiger partial charge in [0.25, 0.3) is 0 Å². The molecule has 1 unspecified atom stereocenters. The molecular formula is C10H10Cl2N4. The fraction of sp³-hybridized carbons (Fsp3) is 0.300. The Morgan fingerprint density at radius 3 is 2.75 bits per heavy atom. The summed E-state index contributed by atoms with van der Waals surface area (Å²) in [5.41, 5.74) is 1.82.